The normalized spacial score (nSPS) is 28.4. The minimum Gasteiger partial charge on any atom is -0.394 e. The number of rotatable bonds is 7. The molecule has 0 unspecified atom stereocenters. The van der Waals surface area contributed by atoms with E-state index in [9.17, 15) is 30.3 Å². The molecule has 0 aromatic carbocycles. The summed E-state index contributed by atoms with van der Waals surface area (Å²) in [7, 11) is 0. The molecule has 1 aliphatic heterocycles. The third kappa shape index (κ3) is 3.56. The lowest BCUT2D eigenvalue weighted by Crippen LogP contribution is -2.45. The number of fused-ring (bicyclic) bond motifs is 1. The summed E-state index contributed by atoms with van der Waals surface area (Å²) in [6, 6.07) is 0. The van der Waals surface area contributed by atoms with Gasteiger partial charge in [-0.15, -0.1) is 0 Å². The number of aliphatic hydroxyl groups is 6. The van der Waals surface area contributed by atoms with Crippen molar-refractivity contribution in [2.24, 2.45) is 0 Å². The highest BCUT2D eigenvalue weighted by Gasteiger charge is 2.46. The molecule has 3 heterocycles. The summed E-state index contributed by atoms with van der Waals surface area (Å²) in [5, 5.41) is 58.1. The fourth-order valence-electron chi connectivity index (χ4n) is 3.01. The van der Waals surface area contributed by atoms with E-state index >= 15 is 0 Å². The Balaban J connectivity index is 1.75. The molecule has 0 spiro atoms. The van der Waals surface area contributed by atoms with Crippen LogP contribution in [0.1, 0.15) is 12.6 Å². The molecule has 154 valence electrons. The maximum Gasteiger partial charge on any atom is 0.167 e. The largest absolute Gasteiger partial charge is 0.394 e. The van der Waals surface area contributed by atoms with Crippen LogP contribution in [0.15, 0.2) is 12.7 Å². The molecule has 1 aliphatic rings. The number of imidazole rings is 1. The van der Waals surface area contributed by atoms with Gasteiger partial charge in [0, 0.05) is 6.42 Å². The third-order valence-electron chi connectivity index (χ3n) is 4.64. The topological polar surface area (TPSA) is 217 Å². The zero-order chi connectivity index (χ0) is 20.6. The van der Waals surface area contributed by atoms with Gasteiger partial charge in [0.25, 0.3) is 0 Å². The lowest BCUT2D eigenvalue weighted by molar-refractivity contribution is -0.144. The van der Waals surface area contributed by atoms with Crippen LogP contribution in [0.2, 0.25) is 0 Å². The number of anilines is 1. The molecule has 2 aromatic heterocycles. The molecule has 3 rings (SSSR count). The van der Waals surface area contributed by atoms with Gasteiger partial charge in [0.05, 0.1) is 19.0 Å². The Hall–Kier alpha value is -2.26. The number of Topliss-reactive ketones (excluding diaryl/α,β-unsaturated/α-hetero) is 1. The summed E-state index contributed by atoms with van der Waals surface area (Å²) in [6.07, 6.45) is -8.99. The van der Waals surface area contributed by atoms with Gasteiger partial charge in [0.2, 0.25) is 0 Å². The van der Waals surface area contributed by atoms with E-state index in [1.165, 1.54) is 17.2 Å². The number of hydrogen-bond acceptors (Lipinski definition) is 12. The van der Waals surface area contributed by atoms with Gasteiger partial charge >= 0.3 is 0 Å². The van der Waals surface area contributed by atoms with Gasteiger partial charge in [-0.1, -0.05) is 0 Å². The molecule has 13 heteroatoms. The van der Waals surface area contributed by atoms with Gasteiger partial charge in [-0.05, 0) is 0 Å². The van der Waals surface area contributed by atoms with Crippen LogP contribution in [0.25, 0.3) is 11.2 Å². The molecular formula is C15H21N5O8. The SMILES string of the molecule is Nc1ncnc2c1ncn2[C@@H]1O[C@H](CC(=O)[C@H](O)[C@H](O)[C@H](O)CO)[C@@H](O)[C@H]1O. The molecule has 0 amide bonds. The molecule has 1 fully saturated rings. The highest BCUT2D eigenvalue weighted by Crippen LogP contribution is 2.33. The van der Waals surface area contributed by atoms with E-state index in [0.29, 0.717) is 0 Å². The average Bonchev–Trinajstić information content (AvgIpc) is 3.23. The van der Waals surface area contributed by atoms with Crippen molar-refractivity contribution in [3.05, 3.63) is 12.7 Å². The van der Waals surface area contributed by atoms with Crippen LogP contribution in [0.5, 0.6) is 0 Å². The quantitative estimate of drug-likeness (QED) is 0.237. The van der Waals surface area contributed by atoms with Crippen molar-refractivity contribution in [3.63, 3.8) is 0 Å². The van der Waals surface area contributed by atoms with Gasteiger partial charge in [-0.25, -0.2) is 15.0 Å². The molecule has 0 saturated carbocycles. The second-order valence-corrected chi connectivity index (χ2v) is 6.49. The molecule has 0 aliphatic carbocycles. The van der Waals surface area contributed by atoms with Crippen molar-refractivity contribution in [1.29, 1.82) is 0 Å². The minimum absolute atomic E-state index is 0.114. The van der Waals surface area contributed by atoms with Crippen LogP contribution in [-0.4, -0.2) is 99.2 Å². The van der Waals surface area contributed by atoms with Gasteiger partial charge in [-0.2, -0.15) is 0 Å². The number of carbonyl (C=O) groups is 1. The van der Waals surface area contributed by atoms with Crippen molar-refractivity contribution in [2.45, 2.75) is 49.3 Å². The Morgan fingerprint density at radius 2 is 1.93 bits per heavy atom. The maximum atomic E-state index is 12.1. The van der Waals surface area contributed by atoms with Crippen LogP contribution in [0.4, 0.5) is 5.82 Å². The summed E-state index contributed by atoms with van der Waals surface area (Å²) < 4.78 is 6.89. The number of nitrogen functional groups attached to an aromatic ring is 1. The highest BCUT2D eigenvalue weighted by atomic mass is 16.6. The van der Waals surface area contributed by atoms with Crippen LogP contribution in [-0.2, 0) is 9.53 Å². The first-order chi connectivity index (χ1) is 13.3. The van der Waals surface area contributed by atoms with Crippen LogP contribution in [0.3, 0.4) is 0 Å². The Morgan fingerprint density at radius 1 is 1.21 bits per heavy atom. The second kappa shape index (κ2) is 8.00. The first-order valence-electron chi connectivity index (χ1n) is 8.38. The predicted molar refractivity (Wildman–Crippen MR) is 90.4 cm³/mol. The van der Waals surface area contributed by atoms with Crippen molar-refractivity contribution in [1.82, 2.24) is 19.5 Å². The second-order valence-electron chi connectivity index (χ2n) is 6.49. The highest BCUT2D eigenvalue weighted by molar-refractivity contribution is 5.84. The molecule has 2 aromatic rings. The van der Waals surface area contributed by atoms with Crippen molar-refractivity contribution < 1.29 is 40.2 Å². The summed E-state index contributed by atoms with van der Waals surface area (Å²) in [6.45, 7) is -0.854. The van der Waals surface area contributed by atoms with Crippen LogP contribution < -0.4 is 5.73 Å². The van der Waals surface area contributed by atoms with Crippen molar-refractivity contribution >= 4 is 22.8 Å². The third-order valence-corrected chi connectivity index (χ3v) is 4.64. The van der Waals surface area contributed by atoms with Gasteiger partial charge in [0.15, 0.2) is 23.5 Å². The number of nitrogens with zero attached hydrogens (tertiary/aromatic N) is 4. The molecule has 7 atom stereocenters. The predicted octanol–water partition coefficient (Wildman–Crippen LogP) is -3.94. The Labute approximate surface area is 157 Å². The van der Waals surface area contributed by atoms with Gasteiger partial charge < -0.3 is 41.1 Å². The van der Waals surface area contributed by atoms with Crippen molar-refractivity contribution in [2.75, 3.05) is 12.3 Å². The minimum atomic E-state index is -2.00. The lowest BCUT2D eigenvalue weighted by atomic mass is 9.98. The van der Waals surface area contributed by atoms with Crippen LogP contribution in [0, 0.1) is 0 Å². The van der Waals surface area contributed by atoms with E-state index in [1.54, 1.807) is 0 Å². The first kappa shape index (κ1) is 20.5. The number of ketones is 1. The summed E-state index contributed by atoms with van der Waals surface area (Å²) >= 11 is 0. The van der Waals surface area contributed by atoms with E-state index in [-0.39, 0.29) is 17.0 Å². The molecule has 13 nitrogen and oxygen atoms in total. The maximum absolute atomic E-state index is 12.1. The summed E-state index contributed by atoms with van der Waals surface area (Å²) in [4.78, 5) is 24.0. The molecule has 28 heavy (non-hydrogen) atoms. The van der Waals surface area contributed by atoms with E-state index in [1.807, 2.05) is 0 Å². The lowest BCUT2D eigenvalue weighted by Gasteiger charge is -2.22. The van der Waals surface area contributed by atoms with Gasteiger partial charge in [0.1, 0.15) is 42.4 Å². The summed E-state index contributed by atoms with van der Waals surface area (Å²) in [5.74, 6) is -0.831. The Morgan fingerprint density at radius 3 is 2.61 bits per heavy atom. The van der Waals surface area contributed by atoms with E-state index in [2.05, 4.69) is 15.0 Å². The van der Waals surface area contributed by atoms with E-state index in [4.69, 9.17) is 15.6 Å². The zero-order valence-electron chi connectivity index (χ0n) is 14.5. The molecule has 0 bridgehead atoms. The fraction of sp³-hybridized carbons (Fsp3) is 0.600. The molecule has 1 saturated heterocycles. The van der Waals surface area contributed by atoms with E-state index in [0.717, 1.165) is 0 Å². The van der Waals surface area contributed by atoms with Crippen molar-refractivity contribution in [3.8, 4) is 0 Å². The number of aliphatic hydroxyl groups excluding tert-OH is 6. The van der Waals surface area contributed by atoms with Crippen LogP contribution >= 0.6 is 0 Å². The molecular weight excluding hydrogens is 378 g/mol. The smallest absolute Gasteiger partial charge is 0.167 e. The van der Waals surface area contributed by atoms with Gasteiger partial charge in [-0.3, -0.25) is 9.36 Å². The monoisotopic (exact) mass is 399 g/mol. The Bertz CT molecular complexity index is 847. The number of aromatic nitrogens is 4. The number of carbonyl (C=O) groups excluding carboxylic acids is 1. The zero-order valence-corrected chi connectivity index (χ0v) is 14.5. The summed E-state index contributed by atoms with van der Waals surface area (Å²) in [5.41, 5.74) is 6.22. The number of hydrogen-bond donors (Lipinski definition) is 7. The number of nitrogens with two attached hydrogens (primary N) is 1. The first-order valence-corrected chi connectivity index (χ1v) is 8.38. The Kier molecular flexibility index (Phi) is 5.85. The standard InChI is InChI=1S/C15H21N5O8/c16-13-8-14(18-3-17-13)20(4-19-8)15-12(27)11(26)7(28-15)1-5(22)9(24)10(25)6(23)2-21/h3-4,6-7,9-12,15,21,23-27H,1-2H2,(H2,16,17,18)/t6-,7-,9+,10-,11-,12-,15-/m1/s1. The average molecular weight is 399 g/mol. The fourth-order valence-corrected chi connectivity index (χ4v) is 3.01. The molecule has 0 radical (unpaired) electrons. The number of ether oxygens (including phenoxy) is 1. The van der Waals surface area contributed by atoms with E-state index < -0.39 is 61.7 Å². The molecule has 8 N–H and O–H groups in total.